The summed E-state index contributed by atoms with van der Waals surface area (Å²) in [6.45, 7) is 3.07. The van der Waals surface area contributed by atoms with Gasteiger partial charge in [-0.15, -0.1) is 0 Å². The van der Waals surface area contributed by atoms with E-state index in [4.69, 9.17) is 0 Å². The highest BCUT2D eigenvalue weighted by molar-refractivity contribution is 6.04. The van der Waals surface area contributed by atoms with Crippen molar-refractivity contribution in [3.8, 4) is 0 Å². The van der Waals surface area contributed by atoms with E-state index in [0.717, 1.165) is 36.5 Å². The van der Waals surface area contributed by atoms with Gasteiger partial charge < -0.3 is 10.2 Å². The van der Waals surface area contributed by atoms with Gasteiger partial charge in [-0.05, 0) is 17.5 Å². The molecule has 2 unspecified atom stereocenters. The normalized spacial score (nSPS) is 22.3. The second kappa shape index (κ2) is 9.59. The van der Waals surface area contributed by atoms with Gasteiger partial charge >= 0.3 is 0 Å². The molecule has 4 rings (SSSR count). The van der Waals surface area contributed by atoms with Gasteiger partial charge in [-0.3, -0.25) is 19.4 Å². The maximum Gasteiger partial charge on any atom is 0.258 e. The molecule has 0 saturated carbocycles. The SMILES string of the molecule is O=C1CC(O)C(=O)N1Cc1ccccc1.OC1CCN(Cc2ccccc2)C1. The molecule has 2 aliphatic rings. The number of likely N-dealkylation sites (tertiary alicyclic amines) is 2. The average Bonchev–Trinajstić information content (AvgIpc) is 3.21. The van der Waals surface area contributed by atoms with E-state index in [1.165, 1.54) is 5.56 Å². The summed E-state index contributed by atoms with van der Waals surface area (Å²) in [5.74, 6) is -0.805. The molecule has 2 N–H and O–H groups in total. The van der Waals surface area contributed by atoms with Crippen LogP contribution in [-0.4, -0.2) is 57.1 Å². The summed E-state index contributed by atoms with van der Waals surface area (Å²) in [6.07, 6.45) is -0.427. The van der Waals surface area contributed by atoms with Gasteiger partial charge in [-0.25, -0.2) is 0 Å². The Labute approximate surface area is 165 Å². The van der Waals surface area contributed by atoms with E-state index < -0.39 is 12.0 Å². The number of carbonyl (C=O) groups is 2. The van der Waals surface area contributed by atoms with Crippen LogP contribution in [0.2, 0.25) is 0 Å². The van der Waals surface area contributed by atoms with Crippen molar-refractivity contribution in [2.45, 2.75) is 38.1 Å². The average molecular weight is 382 g/mol. The van der Waals surface area contributed by atoms with Crippen molar-refractivity contribution in [3.05, 3.63) is 71.8 Å². The number of amides is 2. The number of β-amino-alcohol motifs (C(OH)–C–C–N with tert-alkyl or cyclic N) is 1. The van der Waals surface area contributed by atoms with Crippen molar-refractivity contribution in [1.29, 1.82) is 0 Å². The number of imide groups is 1. The molecule has 2 fully saturated rings. The Morgan fingerprint density at radius 2 is 1.43 bits per heavy atom. The van der Waals surface area contributed by atoms with Crippen molar-refractivity contribution in [2.24, 2.45) is 0 Å². The molecule has 0 aromatic heterocycles. The zero-order valence-electron chi connectivity index (χ0n) is 15.8. The molecule has 2 aromatic carbocycles. The Morgan fingerprint density at radius 3 is 1.89 bits per heavy atom. The minimum Gasteiger partial charge on any atom is -0.392 e. The molecule has 0 radical (unpaired) electrons. The van der Waals surface area contributed by atoms with Gasteiger partial charge in [0.25, 0.3) is 5.91 Å². The standard InChI is InChI=1S/C11H11NO3.C11H15NO/c13-9-6-10(14)12(11(9)15)7-8-4-2-1-3-5-8;13-11-6-7-12(9-11)8-10-4-2-1-3-5-10/h1-5,9,13H,6-7H2;1-5,11,13H,6-9H2. The third-order valence-electron chi connectivity index (χ3n) is 4.90. The quantitative estimate of drug-likeness (QED) is 0.785. The fraction of sp³-hybridized carbons (Fsp3) is 0.364. The number of aliphatic hydroxyl groups is 2. The number of benzene rings is 2. The zero-order chi connectivity index (χ0) is 19.9. The number of hydrogen-bond acceptors (Lipinski definition) is 5. The van der Waals surface area contributed by atoms with E-state index in [-0.39, 0.29) is 25.0 Å². The van der Waals surface area contributed by atoms with Crippen LogP contribution in [0, 0.1) is 0 Å². The minimum absolute atomic E-state index is 0.0916. The van der Waals surface area contributed by atoms with Gasteiger partial charge in [0.05, 0.1) is 19.1 Å². The van der Waals surface area contributed by atoms with Gasteiger partial charge in [0.15, 0.2) is 0 Å². The Morgan fingerprint density at radius 1 is 0.857 bits per heavy atom. The first-order valence-electron chi connectivity index (χ1n) is 9.53. The van der Waals surface area contributed by atoms with Gasteiger partial charge in [0, 0.05) is 19.6 Å². The first kappa shape index (κ1) is 20.2. The molecular formula is C22H26N2O4. The van der Waals surface area contributed by atoms with E-state index in [1.54, 1.807) is 0 Å². The predicted molar refractivity (Wildman–Crippen MR) is 105 cm³/mol. The lowest BCUT2D eigenvalue weighted by molar-refractivity contribution is -0.141. The van der Waals surface area contributed by atoms with E-state index in [2.05, 4.69) is 29.2 Å². The van der Waals surface area contributed by atoms with Crippen LogP contribution in [0.1, 0.15) is 24.0 Å². The van der Waals surface area contributed by atoms with Gasteiger partial charge in [-0.1, -0.05) is 60.7 Å². The van der Waals surface area contributed by atoms with Gasteiger partial charge in [0.2, 0.25) is 5.91 Å². The van der Waals surface area contributed by atoms with Crippen molar-refractivity contribution >= 4 is 11.8 Å². The molecule has 0 aliphatic carbocycles. The summed E-state index contributed by atoms with van der Waals surface area (Å²) in [7, 11) is 0. The van der Waals surface area contributed by atoms with Crippen LogP contribution in [0.5, 0.6) is 0 Å². The molecule has 2 heterocycles. The lowest BCUT2D eigenvalue weighted by Gasteiger charge is -2.14. The molecule has 148 valence electrons. The van der Waals surface area contributed by atoms with Crippen molar-refractivity contribution in [1.82, 2.24) is 9.80 Å². The molecule has 0 spiro atoms. The summed E-state index contributed by atoms with van der Waals surface area (Å²) < 4.78 is 0. The third-order valence-corrected chi connectivity index (χ3v) is 4.90. The largest absolute Gasteiger partial charge is 0.392 e. The summed E-state index contributed by atoms with van der Waals surface area (Å²) >= 11 is 0. The number of carbonyl (C=O) groups excluding carboxylic acids is 2. The molecule has 2 atom stereocenters. The van der Waals surface area contributed by atoms with Crippen LogP contribution in [-0.2, 0) is 22.7 Å². The van der Waals surface area contributed by atoms with Crippen molar-refractivity contribution in [2.75, 3.05) is 13.1 Å². The molecule has 28 heavy (non-hydrogen) atoms. The molecule has 2 saturated heterocycles. The highest BCUT2D eigenvalue weighted by Gasteiger charge is 2.36. The van der Waals surface area contributed by atoms with Gasteiger partial charge in [-0.2, -0.15) is 0 Å². The highest BCUT2D eigenvalue weighted by Crippen LogP contribution is 2.16. The molecule has 2 aromatic rings. The van der Waals surface area contributed by atoms with Crippen molar-refractivity contribution < 1.29 is 19.8 Å². The maximum absolute atomic E-state index is 11.4. The number of nitrogens with zero attached hydrogens (tertiary/aromatic N) is 2. The summed E-state index contributed by atoms with van der Waals surface area (Å²) in [6, 6.07) is 19.6. The molecule has 6 nitrogen and oxygen atoms in total. The fourth-order valence-corrected chi connectivity index (χ4v) is 3.40. The monoisotopic (exact) mass is 382 g/mol. The Kier molecular flexibility index (Phi) is 6.92. The number of aliphatic hydroxyl groups excluding tert-OH is 2. The van der Waals surface area contributed by atoms with Crippen LogP contribution in [0.25, 0.3) is 0 Å². The first-order valence-corrected chi connectivity index (χ1v) is 9.53. The summed E-state index contributed by atoms with van der Waals surface area (Å²) in [4.78, 5) is 26.1. The Balaban J connectivity index is 0.000000162. The van der Waals surface area contributed by atoms with Crippen LogP contribution in [0.15, 0.2) is 60.7 Å². The second-order valence-electron chi connectivity index (χ2n) is 7.19. The molecule has 0 bridgehead atoms. The van der Waals surface area contributed by atoms with Crippen LogP contribution >= 0.6 is 0 Å². The van der Waals surface area contributed by atoms with Crippen LogP contribution < -0.4 is 0 Å². The van der Waals surface area contributed by atoms with E-state index >= 15 is 0 Å². The van der Waals surface area contributed by atoms with Crippen molar-refractivity contribution in [3.63, 3.8) is 0 Å². The molecule has 2 amide bonds. The second-order valence-corrected chi connectivity index (χ2v) is 7.19. The zero-order valence-corrected chi connectivity index (χ0v) is 15.8. The smallest absolute Gasteiger partial charge is 0.258 e. The van der Waals surface area contributed by atoms with E-state index in [1.807, 2.05) is 36.4 Å². The minimum atomic E-state index is -1.15. The van der Waals surface area contributed by atoms with Crippen LogP contribution in [0.4, 0.5) is 0 Å². The lowest BCUT2D eigenvalue weighted by Crippen LogP contribution is -2.31. The first-order chi connectivity index (χ1) is 13.5. The summed E-state index contributed by atoms with van der Waals surface area (Å²) in [5, 5.41) is 18.5. The molecule has 6 heteroatoms. The molecule has 2 aliphatic heterocycles. The summed E-state index contributed by atoms with van der Waals surface area (Å²) in [5.41, 5.74) is 2.21. The third kappa shape index (κ3) is 5.48. The number of hydrogen-bond donors (Lipinski definition) is 2. The molecular weight excluding hydrogens is 356 g/mol. The van der Waals surface area contributed by atoms with Gasteiger partial charge in [0.1, 0.15) is 6.10 Å². The van der Waals surface area contributed by atoms with E-state index in [0.29, 0.717) is 0 Å². The lowest BCUT2D eigenvalue weighted by atomic mass is 10.2. The topological polar surface area (TPSA) is 81.1 Å². The highest BCUT2D eigenvalue weighted by atomic mass is 16.3. The number of rotatable bonds is 4. The van der Waals surface area contributed by atoms with Crippen LogP contribution in [0.3, 0.4) is 0 Å². The Bertz CT molecular complexity index is 782. The Hall–Kier alpha value is -2.54. The predicted octanol–water partition coefficient (Wildman–Crippen LogP) is 1.56. The maximum atomic E-state index is 11.4. The van der Waals surface area contributed by atoms with E-state index in [9.17, 15) is 19.8 Å². The fourth-order valence-electron chi connectivity index (χ4n) is 3.40.